The Bertz CT molecular complexity index is 531. The van der Waals surface area contributed by atoms with Gasteiger partial charge < -0.3 is 20.5 Å². The number of aliphatic hydroxyl groups is 1. The van der Waals surface area contributed by atoms with Gasteiger partial charge in [0.05, 0.1) is 5.69 Å². The highest BCUT2D eigenvalue weighted by molar-refractivity contribution is 5.51. The third kappa shape index (κ3) is 3.90. The van der Waals surface area contributed by atoms with Crippen LogP contribution in [0.15, 0.2) is 54.6 Å². The average Bonchev–Trinajstić information content (AvgIpc) is 2.47. The van der Waals surface area contributed by atoms with Gasteiger partial charge in [-0.25, -0.2) is 0 Å². The lowest BCUT2D eigenvalue weighted by Gasteiger charge is -2.23. The summed E-state index contributed by atoms with van der Waals surface area (Å²) in [6.45, 7) is 0.710. The quantitative estimate of drug-likeness (QED) is 0.791. The number of hydrogen-bond donors (Lipinski definition) is 2. The number of aliphatic hydroxyl groups excluding tert-OH is 1. The molecule has 2 aromatic carbocycles. The van der Waals surface area contributed by atoms with E-state index in [0.717, 1.165) is 5.69 Å². The van der Waals surface area contributed by atoms with Crippen molar-refractivity contribution >= 4 is 11.4 Å². The van der Waals surface area contributed by atoms with Crippen LogP contribution in [0.25, 0.3) is 0 Å². The molecule has 0 fully saturated rings. The van der Waals surface area contributed by atoms with Crippen molar-refractivity contribution in [3.8, 4) is 5.75 Å². The SMILES string of the molecule is CN(CC(O)COc1ccccc1N)c1ccccc1. The first kappa shape index (κ1) is 14.2. The second kappa shape index (κ2) is 6.82. The number of rotatable bonds is 6. The second-order valence-electron chi connectivity index (χ2n) is 4.72. The van der Waals surface area contributed by atoms with Crippen molar-refractivity contribution in [3.05, 3.63) is 54.6 Å². The van der Waals surface area contributed by atoms with E-state index in [1.54, 1.807) is 12.1 Å². The molecule has 3 N–H and O–H groups in total. The minimum Gasteiger partial charge on any atom is -0.489 e. The van der Waals surface area contributed by atoms with Gasteiger partial charge in [0.2, 0.25) is 0 Å². The average molecular weight is 272 g/mol. The molecule has 0 aromatic heterocycles. The number of nitrogens with two attached hydrogens (primary N) is 1. The molecule has 0 amide bonds. The van der Waals surface area contributed by atoms with Gasteiger partial charge in [-0.05, 0) is 24.3 Å². The minimum absolute atomic E-state index is 0.214. The fourth-order valence-corrected chi connectivity index (χ4v) is 1.95. The van der Waals surface area contributed by atoms with Gasteiger partial charge in [0.15, 0.2) is 0 Å². The lowest BCUT2D eigenvalue weighted by atomic mass is 10.2. The van der Waals surface area contributed by atoms with E-state index in [9.17, 15) is 5.11 Å². The van der Waals surface area contributed by atoms with Crippen molar-refractivity contribution in [1.29, 1.82) is 0 Å². The summed E-state index contributed by atoms with van der Waals surface area (Å²) in [6.07, 6.45) is -0.584. The van der Waals surface area contributed by atoms with Crippen molar-refractivity contribution in [1.82, 2.24) is 0 Å². The molecule has 4 nitrogen and oxygen atoms in total. The molecule has 20 heavy (non-hydrogen) atoms. The Labute approximate surface area is 119 Å². The van der Waals surface area contributed by atoms with Crippen molar-refractivity contribution in [2.45, 2.75) is 6.10 Å². The first-order valence-corrected chi connectivity index (χ1v) is 6.58. The van der Waals surface area contributed by atoms with Crippen molar-refractivity contribution in [3.63, 3.8) is 0 Å². The third-order valence-electron chi connectivity index (χ3n) is 3.03. The predicted molar refractivity (Wildman–Crippen MR) is 82.1 cm³/mol. The van der Waals surface area contributed by atoms with Crippen LogP contribution in [0.2, 0.25) is 0 Å². The highest BCUT2D eigenvalue weighted by Crippen LogP contribution is 2.20. The van der Waals surface area contributed by atoms with E-state index in [-0.39, 0.29) is 6.61 Å². The summed E-state index contributed by atoms with van der Waals surface area (Å²) < 4.78 is 5.53. The lowest BCUT2D eigenvalue weighted by Crippen LogP contribution is -2.33. The van der Waals surface area contributed by atoms with Gasteiger partial charge >= 0.3 is 0 Å². The van der Waals surface area contributed by atoms with Crippen molar-refractivity contribution < 1.29 is 9.84 Å². The molecule has 0 bridgehead atoms. The molecule has 2 aromatic rings. The first-order valence-electron chi connectivity index (χ1n) is 6.58. The molecule has 106 valence electrons. The molecule has 2 rings (SSSR count). The van der Waals surface area contributed by atoms with E-state index >= 15 is 0 Å². The molecular weight excluding hydrogens is 252 g/mol. The number of hydrogen-bond acceptors (Lipinski definition) is 4. The molecule has 0 spiro atoms. The zero-order chi connectivity index (χ0) is 14.4. The number of likely N-dealkylation sites (N-methyl/N-ethyl adjacent to an activating group) is 1. The Morgan fingerprint density at radius 1 is 1.10 bits per heavy atom. The summed E-state index contributed by atoms with van der Waals surface area (Å²) in [7, 11) is 1.94. The van der Waals surface area contributed by atoms with Crippen LogP contribution in [-0.4, -0.2) is 31.4 Å². The monoisotopic (exact) mass is 272 g/mol. The topological polar surface area (TPSA) is 58.7 Å². The van der Waals surface area contributed by atoms with E-state index in [2.05, 4.69) is 0 Å². The number of benzene rings is 2. The fourth-order valence-electron chi connectivity index (χ4n) is 1.95. The molecule has 4 heteroatoms. The van der Waals surface area contributed by atoms with E-state index in [1.165, 1.54) is 0 Å². The van der Waals surface area contributed by atoms with Crippen LogP contribution in [0.5, 0.6) is 5.75 Å². The van der Waals surface area contributed by atoms with E-state index in [1.807, 2.05) is 54.4 Å². The Balaban J connectivity index is 1.84. The van der Waals surface area contributed by atoms with Crippen molar-refractivity contribution in [2.75, 3.05) is 30.8 Å². The summed E-state index contributed by atoms with van der Waals surface area (Å²) in [5.74, 6) is 0.605. The van der Waals surface area contributed by atoms with Crippen molar-refractivity contribution in [2.24, 2.45) is 0 Å². The Kier molecular flexibility index (Phi) is 4.85. The third-order valence-corrected chi connectivity index (χ3v) is 3.03. The minimum atomic E-state index is -0.584. The molecule has 0 radical (unpaired) electrons. The smallest absolute Gasteiger partial charge is 0.142 e. The summed E-state index contributed by atoms with van der Waals surface area (Å²) >= 11 is 0. The highest BCUT2D eigenvalue weighted by atomic mass is 16.5. The molecule has 0 aliphatic heterocycles. The number of anilines is 2. The van der Waals surface area contributed by atoms with Crippen LogP contribution in [0, 0.1) is 0 Å². The maximum Gasteiger partial charge on any atom is 0.142 e. The molecule has 1 unspecified atom stereocenters. The largest absolute Gasteiger partial charge is 0.489 e. The first-order chi connectivity index (χ1) is 9.66. The molecule has 0 saturated carbocycles. The molecule has 0 aliphatic rings. The maximum atomic E-state index is 10.0. The molecule has 0 aliphatic carbocycles. The molecular formula is C16H20N2O2. The Morgan fingerprint density at radius 2 is 1.75 bits per heavy atom. The van der Waals surface area contributed by atoms with Gasteiger partial charge in [-0.3, -0.25) is 0 Å². The van der Waals surface area contributed by atoms with Crippen LogP contribution in [-0.2, 0) is 0 Å². The highest BCUT2D eigenvalue weighted by Gasteiger charge is 2.10. The standard InChI is InChI=1S/C16H20N2O2/c1-18(13-7-3-2-4-8-13)11-14(19)12-20-16-10-6-5-9-15(16)17/h2-10,14,19H,11-12,17H2,1H3. The van der Waals surface area contributed by atoms with Crippen LogP contribution >= 0.6 is 0 Å². The summed E-state index contributed by atoms with van der Waals surface area (Å²) in [5.41, 5.74) is 7.42. The summed E-state index contributed by atoms with van der Waals surface area (Å²) in [6, 6.07) is 17.2. The Hall–Kier alpha value is -2.20. The molecule has 1 atom stereocenters. The van der Waals surface area contributed by atoms with Gasteiger partial charge in [0.25, 0.3) is 0 Å². The summed E-state index contributed by atoms with van der Waals surface area (Å²) in [5, 5.41) is 10.0. The van der Waals surface area contributed by atoms with Gasteiger partial charge in [0.1, 0.15) is 18.5 Å². The van der Waals surface area contributed by atoms with Gasteiger partial charge in [-0.15, -0.1) is 0 Å². The van der Waals surface area contributed by atoms with Gasteiger partial charge in [-0.2, -0.15) is 0 Å². The zero-order valence-electron chi connectivity index (χ0n) is 11.6. The van der Waals surface area contributed by atoms with Gasteiger partial charge in [-0.1, -0.05) is 30.3 Å². The Morgan fingerprint density at radius 3 is 2.45 bits per heavy atom. The maximum absolute atomic E-state index is 10.0. The number of nitrogen functional groups attached to an aromatic ring is 1. The van der Waals surface area contributed by atoms with E-state index in [4.69, 9.17) is 10.5 Å². The van der Waals surface area contributed by atoms with E-state index in [0.29, 0.717) is 18.0 Å². The van der Waals surface area contributed by atoms with Crippen LogP contribution < -0.4 is 15.4 Å². The molecule has 0 saturated heterocycles. The van der Waals surface area contributed by atoms with E-state index < -0.39 is 6.10 Å². The second-order valence-corrected chi connectivity index (χ2v) is 4.72. The molecule has 0 heterocycles. The zero-order valence-corrected chi connectivity index (χ0v) is 11.6. The summed E-state index contributed by atoms with van der Waals surface area (Å²) in [4.78, 5) is 1.99. The lowest BCUT2D eigenvalue weighted by molar-refractivity contribution is 0.113. The fraction of sp³-hybridized carbons (Fsp3) is 0.250. The van der Waals surface area contributed by atoms with Gasteiger partial charge in [0, 0.05) is 19.3 Å². The normalized spacial score (nSPS) is 11.9. The van der Waals surface area contributed by atoms with Crippen LogP contribution in [0.4, 0.5) is 11.4 Å². The number of nitrogens with zero attached hydrogens (tertiary/aromatic N) is 1. The predicted octanol–water partition coefficient (Wildman–Crippen LogP) is 2.14. The van der Waals surface area contributed by atoms with Crippen LogP contribution in [0.3, 0.4) is 0 Å². The van der Waals surface area contributed by atoms with Crippen LogP contribution in [0.1, 0.15) is 0 Å². The number of ether oxygens (including phenoxy) is 1. The number of para-hydroxylation sites is 3.